The molecular formula is C18H14ClN3O5S. The molecule has 0 saturated carbocycles. The third-order valence-electron chi connectivity index (χ3n) is 3.97. The lowest BCUT2D eigenvalue weighted by Crippen LogP contribution is -2.31. The first kappa shape index (κ1) is 19.8. The van der Waals surface area contributed by atoms with Gasteiger partial charge in [0.1, 0.15) is 0 Å². The summed E-state index contributed by atoms with van der Waals surface area (Å²) in [5, 5.41) is 13.3. The smallest absolute Gasteiger partial charge is 0.269 e. The van der Waals surface area contributed by atoms with Crippen molar-refractivity contribution in [3.8, 4) is 0 Å². The van der Waals surface area contributed by atoms with Gasteiger partial charge in [-0.25, -0.2) is 4.90 Å². The zero-order chi connectivity index (χ0) is 20.3. The van der Waals surface area contributed by atoms with Crippen molar-refractivity contribution in [1.82, 2.24) is 0 Å². The number of hydrogen-bond acceptors (Lipinski definition) is 6. The minimum absolute atomic E-state index is 0.000411. The number of anilines is 2. The number of carbonyl (C=O) groups is 3. The molecule has 1 unspecified atom stereocenters. The van der Waals surface area contributed by atoms with E-state index in [1.54, 1.807) is 24.3 Å². The zero-order valence-corrected chi connectivity index (χ0v) is 15.9. The van der Waals surface area contributed by atoms with Crippen LogP contribution in [-0.2, 0) is 14.4 Å². The van der Waals surface area contributed by atoms with E-state index in [1.165, 1.54) is 24.3 Å². The Labute approximate surface area is 169 Å². The number of rotatable bonds is 6. The fraction of sp³-hybridized carbons (Fsp3) is 0.167. The van der Waals surface area contributed by atoms with Crippen LogP contribution in [0.1, 0.15) is 6.42 Å². The van der Waals surface area contributed by atoms with E-state index in [0.717, 1.165) is 16.7 Å². The van der Waals surface area contributed by atoms with Crippen molar-refractivity contribution in [3.05, 3.63) is 63.7 Å². The number of thioether (sulfide) groups is 1. The molecule has 0 radical (unpaired) electrons. The third kappa shape index (κ3) is 4.49. The molecule has 144 valence electrons. The summed E-state index contributed by atoms with van der Waals surface area (Å²) in [4.78, 5) is 48.0. The van der Waals surface area contributed by atoms with E-state index in [0.29, 0.717) is 10.7 Å². The highest BCUT2D eigenvalue weighted by atomic mass is 35.5. The highest BCUT2D eigenvalue weighted by molar-refractivity contribution is 8.01. The van der Waals surface area contributed by atoms with E-state index >= 15 is 0 Å². The molecule has 1 heterocycles. The summed E-state index contributed by atoms with van der Waals surface area (Å²) in [6.45, 7) is 0. The van der Waals surface area contributed by atoms with Crippen molar-refractivity contribution >= 4 is 58.1 Å². The first-order valence-corrected chi connectivity index (χ1v) is 9.56. The molecule has 8 nitrogen and oxygen atoms in total. The third-order valence-corrected chi connectivity index (χ3v) is 5.42. The SMILES string of the molecule is O=C(CSC1CC(=O)N(c2ccc([N+](=O)[O-])cc2)C1=O)Nc1ccc(Cl)cc1. The van der Waals surface area contributed by atoms with Gasteiger partial charge in [-0.15, -0.1) is 11.8 Å². The van der Waals surface area contributed by atoms with Crippen LogP contribution >= 0.6 is 23.4 Å². The number of amides is 3. The van der Waals surface area contributed by atoms with Gasteiger partial charge < -0.3 is 5.32 Å². The lowest BCUT2D eigenvalue weighted by molar-refractivity contribution is -0.384. The quantitative estimate of drug-likeness (QED) is 0.437. The molecule has 3 rings (SSSR count). The highest BCUT2D eigenvalue weighted by Gasteiger charge is 2.40. The Balaban J connectivity index is 1.59. The molecule has 3 amide bonds. The summed E-state index contributed by atoms with van der Waals surface area (Å²) in [5.74, 6) is -1.15. The molecule has 2 aromatic rings. The summed E-state index contributed by atoms with van der Waals surface area (Å²) in [5.41, 5.74) is 0.721. The van der Waals surface area contributed by atoms with Crippen molar-refractivity contribution in [2.75, 3.05) is 16.0 Å². The average molecular weight is 420 g/mol. The maximum absolute atomic E-state index is 12.5. The molecule has 0 aromatic heterocycles. The Kier molecular flexibility index (Phi) is 5.96. The Morgan fingerprint density at radius 1 is 1.18 bits per heavy atom. The van der Waals surface area contributed by atoms with Gasteiger partial charge in [0.25, 0.3) is 5.69 Å². The molecule has 1 aliphatic heterocycles. The first-order chi connectivity index (χ1) is 13.3. The summed E-state index contributed by atoms with van der Waals surface area (Å²) >= 11 is 6.86. The number of carbonyl (C=O) groups excluding carboxylic acids is 3. The molecule has 1 aliphatic rings. The van der Waals surface area contributed by atoms with Crippen LogP contribution in [0.15, 0.2) is 48.5 Å². The number of nitro benzene ring substituents is 1. The standard InChI is InChI=1S/C18H14ClN3O5S/c19-11-1-3-12(4-2-11)20-16(23)10-28-15-9-17(24)21(18(15)25)13-5-7-14(8-6-13)22(26)27/h1-8,15H,9-10H2,(H,20,23). The molecular weight excluding hydrogens is 406 g/mol. The fourth-order valence-electron chi connectivity index (χ4n) is 2.64. The van der Waals surface area contributed by atoms with E-state index in [2.05, 4.69) is 5.32 Å². The summed E-state index contributed by atoms with van der Waals surface area (Å²) < 4.78 is 0. The zero-order valence-electron chi connectivity index (χ0n) is 14.3. The number of non-ortho nitro benzene ring substituents is 1. The van der Waals surface area contributed by atoms with Crippen LogP contribution in [0.25, 0.3) is 0 Å². The normalized spacial score (nSPS) is 16.3. The Hall–Kier alpha value is -2.91. The van der Waals surface area contributed by atoms with Crippen molar-refractivity contribution in [2.45, 2.75) is 11.7 Å². The predicted molar refractivity (Wildman–Crippen MR) is 107 cm³/mol. The highest BCUT2D eigenvalue weighted by Crippen LogP contribution is 2.30. The van der Waals surface area contributed by atoms with Gasteiger partial charge in [-0.3, -0.25) is 24.5 Å². The lowest BCUT2D eigenvalue weighted by Gasteiger charge is -2.14. The van der Waals surface area contributed by atoms with Crippen LogP contribution in [0, 0.1) is 10.1 Å². The van der Waals surface area contributed by atoms with Crippen LogP contribution in [0.2, 0.25) is 5.02 Å². The maximum Gasteiger partial charge on any atom is 0.269 e. The van der Waals surface area contributed by atoms with E-state index in [4.69, 9.17) is 11.6 Å². The molecule has 0 bridgehead atoms. The lowest BCUT2D eigenvalue weighted by atomic mass is 10.2. The van der Waals surface area contributed by atoms with Crippen molar-refractivity contribution in [3.63, 3.8) is 0 Å². The van der Waals surface area contributed by atoms with Gasteiger partial charge in [0, 0.05) is 29.3 Å². The van der Waals surface area contributed by atoms with Gasteiger partial charge in [-0.05, 0) is 36.4 Å². The fourth-order valence-corrected chi connectivity index (χ4v) is 3.69. The summed E-state index contributed by atoms with van der Waals surface area (Å²) in [6.07, 6.45) is -0.0330. The number of benzene rings is 2. The van der Waals surface area contributed by atoms with E-state index in [9.17, 15) is 24.5 Å². The number of nitrogens with zero attached hydrogens (tertiary/aromatic N) is 2. The van der Waals surface area contributed by atoms with Crippen molar-refractivity contribution in [1.29, 1.82) is 0 Å². The summed E-state index contributed by atoms with van der Waals surface area (Å²) in [7, 11) is 0. The molecule has 10 heteroatoms. The van der Waals surface area contributed by atoms with E-state index in [1.807, 2.05) is 0 Å². The second-order valence-corrected chi connectivity index (χ2v) is 7.53. The van der Waals surface area contributed by atoms with Crippen LogP contribution in [0.3, 0.4) is 0 Å². The van der Waals surface area contributed by atoms with Gasteiger partial charge in [0.2, 0.25) is 17.7 Å². The number of nitrogens with one attached hydrogen (secondary N) is 1. The summed E-state index contributed by atoms with van der Waals surface area (Å²) in [6, 6.07) is 11.8. The van der Waals surface area contributed by atoms with E-state index < -0.39 is 22.0 Å². The number of nitro groups is 1. The van der Waals surface area contributed by atoms with E-state index in [-0.39, 0.29) is 29.5 Å². The molecule has 0 spiro atoms. The molecule has 2 aromatic carbocycles. The molecule has 1 atom stereocenters. The average Bonchev–Trinajstić information content (AvgIpc) is 2.95. The maximum atomic E-state index is 12.5. The minimum Gasteiger partial charge on any atom is -0.325 e. The van der Waals surface area contributed by atoms with Crippen LogP contribution < -0.4 is 10.2 Å². The van der Waals surface area contributed by atoms with Crippen molar-refractivity contribution in [2.24, 2.45) is 0 Å². The predicted octanol–water partition coefficient (Wildman–Crippen LogP) is 3.25. The second-order valence-electron chi connectivity index (χ2n) is 5.90. The first-order valence-electron chi connectivity index (χ1n) is 8.13. The Morgan fingerprint density at radius 3 is 2.43 bits per heavy atom. The Morgan fingerprint density at radius 2 is 1.82 bits per heavy atom. The van der Waals surface area contributed by atoms with Gasteiger partial charge in [0.05, 0.1) is 21.6 Å². The molecule has 0 aliphatic carbocycles. The largest absolute Gasteiger partial charge is 0.325 e. The van der Waals surface area contributed by atoms with Gasteiger partial charge in [-0.2, -0.15) is 0 Å². The van der Waals surface area contributed by atoms with Crippen LogP contribution in [0.4, 0.5) is 17.1 Å². The van der Waals surface area contributed by atoms with Gasteiger partial charge in [-0.1, -0.05) is 11.6 Å². The number of imide groups is 1. The molecule has 1 N–H and O–H groups in total. The number of halogens is 1. The minimum atomic E-state index is -0.682. The Bertz CT molecular complexity index is 933. The second kappa shape index (κ2) is 8.41. The number of hydrogen-bond donors (Lipinski definition) is 1. The molecule has 28 heavy (non-hydrogen) atoms. The molecule has 1 fully saturated rings. The van der Waals surface area contributed by atoms with Crippen molar-refractivity contribution < 1.29 is 19.3 Å². The topological polar surface area (TPSA) is 110 Å². The monoisotopic (exact) mass is 419 g/mol. The van der Waals surface area contributed by atoms with Gasteiger partial charge in [0.15, 0.2) is 0 Å². The van der Waals surface area contributed by atoms with Crippen LogP contribution in [0.5, 0.6) is 0 Å². The molecule has 1 saturated heterocycles. The van der Waals surface area contributed by atoms with Gasteiger partial charge >= 0.3 is 0 Å². The van der Waals surface area contributed by atoms with Crippen LogP contribution in [-0.4, -0.2) is 33.6 Å².